The van der Waals surface area contributed by atoms with E-state index in [4.69, 9.17) is 10.2 Å². The fourth-order valence-corrected chi connectivity index (χ4v) is 1.94. The van der Waals surface area contributed by atoms with Crippen LogP contribution < -0.4 is 5.14 Å². The summed E-state index contributed by atoms with van der Waals surface area (Å²) in [5.41, 5.74) is 0.554. The number of para-hydroxylation sites is 1. The van der Waals surface area contributed by atoms with Crippen LogP contribution in [-0.2, 0) is 20.9 Å². The number of rotatable bonds is 8. The summed E-state index contributed by atoms with van der Waals surface area (Å²) in [5, 5.41) is 32.7. The van der Waals surface area contributed by atoms with Crippen LogP contribution in [0.15, 0.2) is 24.3 Å². The van der Waals surface area contributed by atoms with E-state index in [0.717, 1.165) is 0 Å². The van der Waals surface area contributed by atoms with Gasteiger partial charge < -0.3 is 10.2 Å². The zero-order chi connectivity index (χ0) is 18.8. The number of nitrogens with two attached hydrogens (primary N) is 1. The number of nitro groups is 1. The van der Waals surface area contributed by atoms with Crippen LogP contribution >= 0.6 is 0 Å². The minimum atomic E-state index is -3.94. The number of aliphatic hydroxyl groups is 2. The summed E-state index contributed by atoms with van der Waals surface area (Å²) in [5.74, 6) is -1.42. The molecule has 10 heteroatoms. The number of benzene rings is 1. The molecule has 0 amide bonds. The van der Waals surface area contributed by atoms with Crippen molar-refractivity contribution in [3.63, 3.8) is 0 Å². The van der Waals surface area contributed by atoms with E-state index >= 15 is 0 Å². The van der Waals surface area contributed by atoms with Gasteiger partial charge in [0.25, 0.3) is 5.69 Å². The molecule has 138 valence electrons. The fraction of sp³-hybridized carbons (Fsp3) is 0.571. The van der Waals surface area contributed by atoms with Gasteiger partial charge in [-0.25, -0.2) is 5.14 Å². The third-order valence-electron chi connectivity index (χ3n) is 3.16. The predicted octanol–water partition coefficient (Wildman–Crippen LogP) is 1.23. The Morgan fingerprint density at radius 2 is 1.79 bits per heavy atom. The highest BCUT2D eigenvalue weighted by atomic mass is 32.2. The van der Waals surface area contributed by atoms with Crippen molar-refractivity contribution >= 4 is 16.0 Å². The maximum Gasteiger partial charge on any atom is 0.333 e. The van der Waals surface area contributed by atoms with Crippen molar-refractivity contribution in [2.45, 2.75) is 45.3 Å². The Kier molecular flexibility index (Phi) is 9.63. The number of aryl methyl sites for hydroxylation is 1. The van der Waals surface area contributed by atoms with Crippen LogP contribution in [0.25, 0.3) is 0 Å². The average molecular weight is 364 g/mol. The van der Waals surface area contributed by atoms with Gasteiger partial charge in [-0.15, -0.1) is 0 Å². The molecule has 0 atom stereocenters. The monoisotopic (exact) mass is 364 g/mol. The second-order valence-corrected chi connectivity index (χ2v) is 6.22. The number of hydrogen-bond donors (Lipinski definition) is 3. The molecule has 0 fully saturated rings. The molecule has 1 aromatic carbocycles. The lowest BCUT2D eigenvalue weighted by Gasteiger charge is -2.15. The van der Waals surface area contributed by atoms with Crippen LogP contribution in [0.4, 0.5) is 5.69 Å². The van der Waals surface area contributed by atoms with Gasteiger partial charge in [0.05, 0.1) is 11.5 Å². The Labute approximate surface area is 141 Å². The lowest BCUT2D eigenvalue weighted by molar-refractivity contribution is -0.385. The zero-order valence-electron chi connectivity index (χ0n) is 13.7. The molecule has 0 unspecified atom stereocenters. The third kappa shape index (κ3) is 10.2. The molecule has 0 heterocycles. The first-order valence-corrected chi connectivity index (χ1v) is 8.83. The largest absolute Gasteiger partial charge is 0.366 e. The minimum Gasteiger partial charge on any atom is -0.366 e. The van der Waals surface area contributed by atoms with E-state index in [1.165, 1.54) is 6.07 Å². The van der Waals surface area contributed by atoms with E-state index in [-0.39, 0.29) is 12.3 Å². The Morgan fingerprint density at radius 1 is 1.25 bits per heavy atom. The molecule has 0 spiro atoms. The summed E-state index contributed by atoms with van der Waals surface area (Å²) in [7, 11) is -3.94. The molecule has 0 aromatic heterocycles. The molecule has 0 aliphatic rings. The number of nitro benzene ring substituents is 1. The molecule has 0 saturated carbocycles. The summed E-state index contributed by atoms with van der Waals surface area (Å²) < 4.78 is 25.3. The summed E-state index contributed by atoms with van der Waals surface area (Å²) in [4.78, 5) is 10.2. The van der Waals surface area contributed by atoms with E-state index in [1.54, 1.807) is 32.0 Å². The molecule has 24 heavy (non-hydrogen) atoms. The smallest absolute Gasteiger partial charge is 0.333 e. The van der Waals surface area contributed by atoms with Crippen LogP contribution in [0.5, 0.6) is 0 Å². The molecule has 0 saturated heterocycles. The molecule has 0 radical (unpaired) electrons. The van der Waals surface area contributed by atoms with Crippen molar-refractivity contribution in [2.75, 3.05) is 6.61 Å². The molecule has 0 aliphatic carbocycles. The van der Waals surface area contributed by atoms with Crippen LogP contribution in [0, 0.1) is 10.1 Å². The van der Waals surface area contributed by atoms with Crippen molar-refractivity contribution in [1.82, 2.24) is 0 Å². The topological polar surface area (TPSA) is 153 Å². The van der Waals surface area contributed by atoms with E-state index in [9.17, 15) is 18.5 Å². The van der Waals surface area contributed by atoms with Crippen LogP contribution in [0.1, 0.15) is 38.7 Å². The highest BCUT2D eigenvalue weighted by Crippen LogP contribution is 2.19. The Morgan fingerprint density at radius 3 is 2.21 bits per heavy atom. The standard InChI is InChI=1S/C9H12N2O5S.C5H12O2/c10-17(14,15)16-7-3-5-8-4-1-2-6-9(8)11(12)13;1-3-5(6,7)4-2/h1-2,4,6H,3,5,7H2,(H2,10,14,15);6-7H,3-4H2,1-2H3. The van der Waals surface area contributed by atoms with Crippen molar-refractivity contribution < 1.29 is 27.7 Å². The summed E-state index contributed by atoms with van der Waals surface area (Å²) >= 11 is 0. The fourth-order valence-electron chi connectivity index (χ4n) is 1.59. The Balaban J connectivity index is 0.000000640. The minimum absolute atomic E-state index is 0.0168. The first-order valence-electron chi connectivity index (χ1n) is 7.36. The van der Waals surface area contributed by atoms with Gasteiger partial charge in [-0.3, -0.25) is 14.3 Å². The van der Waals surface area contributed by atoms with Crippen molar-refractivity contribution in [1.29, 1.82) is 0 Å². The first kappa shape index (κ1) is 22.4. The van der Waals surface area contributed by atoms with Crippen LogP contribution in [0.2, 0.25) is 0 Å². The molecular formula is C14H24N2O7S. The quantitative estimate of drug-likeness (QED) is 0.271. The van der Waals surface area contributed by atoms with Gasteiger partial charge in [-0.05, 0) is 25.7 Å². The second kappa shape index (κ2) is 10.3. The van der Waals surface area contributed by atoms with Gasteiger partial charge in [0.1, 0.15) is 0 Å². The predicted molar refractivity (Wildman–Crippen MR) is 88.2 cm³/mol. The Bertz CT molecular complexity index is 611. The van der Waals surface area contributed by atoms with E-state index in [0.29, 0.717) is 31.2 Å². The van der Waals surface area contributed by atoms with Gasteiger partial charge in [-0.1, -0.05) is 32.0 Å². The molecule has 0 bridgehead atoms. The molecule has 0 aliphatic heterocycles. The van der Waals surface area contributed by atoms with E-state index < -0.39 is 21.0 Å². The number of nitrogens with zero attached hydrogens (tertiary/aromatic N) is 1. The van der Waals surface area contributed by atoms with Crippen molar-refractivity contribution in [3.05, 3.63) is 39.9 Å². The SMILES string of the molecule is CCC(O)(O)CC.NS(=O)(=O)OCCCc1ccccc1[N+](=O)[O-]. The summed E-state index contributed by atoms with van der Waals surface area (Å²) in [6.07, 6.45) is 1.50. The number of hydrogen-bond acceptors (Lipinski definition) is 7. The van der Waals surface area contributed by atoms with Crippen molar-refractivity contribution in [3.8, 4) is 0 Å². The highest BCUT2D eigenvalue weighted by Gasteiger charge is 2.15. The molecule has 1 rings (SSSR count). The van der Waals surface area contributed by atoms with Gasteiger partial charge in [0, 0.05) is 11.6 Å². The molecular weight excluding hydrogens is 340 g/mol. The van der Waals surface area contributed by atoms with Gasteiger partial charge in [0.2, 0.25) is 0 Å². The molecule has 4 N–H and O–H groups in total. The average Bonchev–Trinajstić information content (AvgIpc) is 2.51. The van der Waals surface area contributed by atoms with E-state index in [1.807, 2.05) is 0 Å². The van der Waals surface area contributed by atoms with Crippen LogP contribution in [0.3, 0.4) is 0 Å². The highest BCUT2D eigenvalue weighted by molar-refractivity contribution is 7.84. The lowest BCUT2D eigenvalue weighted by Crippen LogP contribution is -2.24. The first-order chi connectivity index (χ1) is 11.0. The van der Waals surface area contributed by atoms with Crippen LogP contribution in [-0.4, -0.2) is 35.9 Å². The second-order valence-electron chi connectivity index (χ2n) is 4.99. The van der Waals surface area contributed by atoms with E-state index in [2.05, 4.69) is 9.32 Å². The lowest BCUT2D eigenvalue weighted by atomic mass is 10.1. The third-order valence-corrected chi connectivity index (χ3v) is 3.65. The summed E-state index contributed by atoms with van der Waals surface area (Å²) in [6.45, 7) is 3.39. The van der Waals surface area contributed by atoms with Gasteiger partial charge >= 0.3 is 10.3 Å². The summed E-state index contributed by atoms with van der Waals surface area (Å²) in [6, 6.07) is 6.27. The maximum atomic E-state index is 10.7. The Hall–Kier alpha value is -1.59. The van der Waals surface area contributed by atoms with Gasteiger partial charge in [0.15, 0.2) is 5.79 Å². The molecule has 9 nitrogen and oxygen atoms in total. The maximum absolute atomic E-state index is 10.7. The molecule has 1 aromatic rings. The zero-order valence-corrected chi connectivity index (χ0v) is 14.5. The van der Waals surface area contributed by atoms with Crippen molar-refractivity contribution in [2.24, 2.45) is 5.14 Å². The normalized spacial score (nSPS) is 11.5. The van der Waals surface area contributed by atoms with Gasteiger partial charge in [-0.2, -0.15) is 8.42 Å².